The third-order valence-corrected chi connectivity index (χ3v) is 8.12. The summed E-state index contributed by atoms with van der Waals surface area (Å²) >= 11 is 6.38. The Balaban J connectivity index is 1.12. The zero-order valence-electron chi connectivity index (χ0n) is 24.1. The number of nitrogens with zero attached hydrogens (tertiary/aromatic N) is 9. The van der Waals surface area contributed by atoms with Crippen LogP contribution in [0.25, 0.3) is 11.1 Å². The predicted molar refractivity (Wildman–Crippen MR) is 156 cm³/mol. The molecule has 1 N–H and O–H groups in total. The fourth-order valence-electron chi connectivity index (χ4n) is 5.60. The van der Waals surface area contributed by atoms with Gasteiger partial charge < -0.3 is 24.4 Å². The topological polar surface area (TPSA) is 130 Å². The molecule has 1 atom stereocenters. The van der Waals surface area contributed by atoms with Crippen LogP contribution in [0, 0.1) is 0 Å². The standard InChI is InChI=1S/C28H33ClF2N10O3/c1-18(15-40-17-34-37-38-40)43-25-12-19(2-3-23(25)29)20-13-32-28(33-14-20)35-24-16-41(36-26(24)44-27(30)31)22-4-8-39(9-5-22)21-6-10-42-11-7-21/h2-3,12-14,16-18,21-22,27H,4-11,15H2,1H3,(H,32,33,35). The summed E-state index contributed by atoms with van der Waals surface area (Å²) in [5.41, 5.74) is 1.76. The molecule has 234 valence electrons. The number of aromatic nitrogens is 8. The zero-order valence-corrected chi connectivity index (χ0v) is 24.9. The molecule has 1 unspecified atom stereocenters. The predicted octanol–water partition coefficient (Wildman–Crippen LogP) is 4.61. The van der Waals surface area contributed by atoms with Gasteiger partial charge in [-0.3, -0.25) is 4.68 Å². The molecule has 16 heteroatoms. The van der Waals surface area contributed by atoms with Gasteiger partial charge in [0.1, 0.15) is 23.9 Å². The average molecular weight is 631 g/mol. The fourth-order valence-corrected chi connectivity index (χ4v) is 5.76. The van der Waals surface area contributed by atoms with Crippen LogP contribution in [0.1, 0.15) is 38.6 Å². The molecule has 13 nitrogen and oxygen atoms in total. The molecule has 6 rings (SSSR count). The van der Waals surface area contributed by atoms with Crippen LogP contribution >= 0.6 is 11.6 Å². The molecule has 4 aromatic rings. The number of hydrogen-bond acceptors (Lipinski definition) is 11. The number of tetrazole rings is 1. The van der Waals surface area contributed by atoms with Gasteiger partial charge in [-0.2, -0.15) is 8.78 Å². The fraction of sp³-hybridized carbons (Fsp3) is 0.500. The number of likely N-dealkylation sites (tertiary alicyclic amines) is 1. The Morgan fingerprint density at radius 2 is 1.82 bits per heavy atom. The van der Waals surface area contributed by atoms with Gasteiger partial charge in [-0.1, -0.05) is 17.7 Å². The molecule has 0 aliphatic carbocycles. The van der Waals surface area contributed by atoms with Crippen LogP contribution in [-0.2, 0) is 11.3 Å². The van der Waals surface area contributed by atoms with E-state index in [0.717, 1.165) is 57.6 Å². The normalized spacial score (nSPS) is 17.6. The van der Waals surface area contributed by atoms with E-state index in [0.29, 0.717) is 28.9 Å². The van der Waals surface area contributed by atoms with Crippen molar-refractivity contribution in [2.24, 2.45) is 0 Å². The monoisotopic (exact) mass is 630 g/mol. The van der Waals surface area contributed by atoms with Gasteiger partial charge in [0, 0.05) is 50.3 Å². The number of benzene rings is 1. The highest BCUT2D eigenvalue weighted by Crippen LogP contribution is 2.34. The number of ether oxygens (including phenoxy) is 3. The molecular weight excluding hydrogens is 598 g/mol. The van der Waals surface area contributed by atoms with Crippen molar-refractivity contribution in [3.63, 3.8) is 0 Å². The lowest BCUT2D eigenvalue weighted by atomic mass is 10.00. The first-order valence-electron chi connectivity index (χ1n) is 14.5. The van der Waals surface area contributed by atoms with Crippen LogP contribution in [0.15, 0.2) is 43.1 Å². The van der Waals surface area contributed by atoms with E-state index < -0.39 is 6.61 Å². The largest absolute Gasteiger partial charge is 0.487 e. The van der Waals surface area contributed by atoms with Crippen LogP contribution < -0.4 is 14.8 Å². The lowest BCUT2D eigenvalue weighted by Crippen LogP contribution is -2.44. The van der Waals surface area contributed by atoms with E-state index in [4.69, 9.17) is 25.8 Å². The smallest absolute Gasteiger partial charge is 0.388 e. The molecule has 2 aliphatic heterocycles. The summed E-state index contributed by atoms with van der Waals surface area (Å²) < 4.78 is 46.0. The first kappa shape index (κ1) is 30.1. The van der Waals surface area contributed by atoms with E-state index in [-0.39, 0.29) is 29.7 Å². The minimum Gasteiger partial charge on any atom is -0.487 e. The van der Waals surface area contributed by atoms with Crippen molar-refractivity contribution < 1.29 is 23.0 Å². The number of piperidine rings is 1. The van der Waals surface area contributed by atoms with E-state index in [1.165, 1.54) is 6.33 Å². The molecule has 3 aromatic heterocycles. The molecule has 2 fully saturated rings. The summed E-state index contributed by atoms with van der Waals surface area (Å²) in [6.07, 6.45) is 10.00. The summed E-state index contributed by atoms with van der Waals surface area (Å²) in [5.74, 6) is 0.504. The second-order valence-electron chi connectivity index (χ2n) is 10.8. The van der Waals surface area contributed by atoms with Crippen molar-refractivity contribution in [1.82, 2.24) is 44.9 Å². The quantitative estimate of drug-likeness (QED) is 0.249. The van der Waals surface area contributed by atoms with E-state index in [1.807, 2.05) is 13.0 Å². The Kier molecular flexibility index (Phi) is 9.43. The number of hydrogen-bond donors (Lipinski definition) is 1. The number of rotatable bonds is 11. The molecule has 0 saturated carbocycles. The Morgan fingerprint density at radius 3 is 2.52 bits per heavy atom. The van der Waals surface area contributed by atoms with Crippen LogP contribution in [0.3, 0.4) is 0 Å². The molecule has 44 heavy (non-hydrogen) atoms. The molecule has 0 bridgehead atoms. The van der Waals surface area contributed by atoms with E-state index in [2.05, 4.69) is 40.8 Å². The Bertz CT molecular complexity index is 1490. The Labute approximate surface area is 257 Å². The number of alkyl halides is 2. The minimum absolute atomic E-state index is 0.0712. The Hall–Kier alpha value is -3.95. The number of anilines is 2. The maximum atomic E-state index is 13.2. The molecule has 2 saturated heterocycles. The third-order valence-electron chi connectivity index (χ3n) is 7.81. The second-order valence-corrected chi connectivity index (χ2v) is 11.3. The highest BCUT2D eigenvalue weighted by atomic mass is 35.5. The molecule has 0 amide bonds. The van der Waals surface area contributed by atoms with Crippen molar-refractivity contribution in [3.8, 4) is 22.8 Å². The van der Waals surface area contributed by atoms with Crippen LogP contribution in [-0.4, -0.2) is 89.9 Å². The van der Waals surface area contributed by atoms with Gasteiger partial charge in [0.05, 0.1) is 23.8 Å². The van der Waals surface area contributed by atoms with Gasteiger partial charge in [0.25, 0.3) is 5.88 Å². The first-order chi connectivity index (χ1) is 21.4. The van der Waals surface area contributed by atoms with E-state index in [9.17, 15) is 8.78 Å². The van der Waals surface area contributed by atoms with E-state index in [1.54, 1.807) is 40.1 Å². The molecular formula is C28H33ClF2N10O3. The second kappa shape index (κ2) is 13.8. The van der Waals surface area contributed by atoms with Gasteiger partial charge in [-0.15, -0.1) is 10.2 Å². The van der Waals surface area contributed by atoms with Crippen LogP contribution in [0.5, 0.6) is 11.6 Å². The summed E-state index contributed by atoms with van der Waals surface area (Å²) in [6, 6.07) is 5.98. The van der Waals surface area contributed by atoms with Gasteiger partial charge in [0.2, 0.25) is 5.95 Å². The Morgan fingerprint density at radius 1 is 1.05 bits per heavy atom. The summed E-state index contributed by atoms with van der Waals surface area (Å²) in [5, 5.41) is 18.9. The highest BCUT2D eigenvalue weighted by Gasteiger charge is 2.29. The van der Waals surface area contributed by atoms with Crippen molar-refractivity contribution in [2.75, 3.05) is 31.6 Å². The summed E-state index contributed by atoms with van der Waals surface area (Å²) in [4.78, 5) is 11.3. The molecule has 0 spiro atoms. The van der Waals surface area contributed by atoms with Crippen LogP contribution in [0.4, 0.5) is 20.4 Å². The lowest BCUT2D eigenvalue weighted by molar-refractivity contribution is -0.0530. The highest BCUT2D eigenvalue weighted by molar-refractivity contribution is 6.32. The van der Waals surface area contributed by atoms with Gasteiger partial charge >= 0.3 is 6.61 Å². The van der Waals surface area contributed by atoms with Gasteiger partial charge in [-0.05, 0) is 60.7 Å². The molecule has 0 radical (unpaired) electrons. The van der Waals surface area contributed by atoms with Crippen molar-refractivity contribution in [3.05, 3.63) is 48.1 Å². The maximum Gasteiger partial charge on any atom is 0.388 e. The van der Waals surface area contributed by atoms with Crippen molar-refractivity contribution in [2.45, 2.75) is 64.0 Å². The minimum atomic E-state index is -3.02. The van der Waals surface area contributed by atoms with Gasteiger partial charge in [-0.25, -0.2) is 14.6 Å². The summed E-state index contributed by atoms with van der Waals surface area (Å²) in [6.45, 7) is 2.75. The first-order valence-corrected chi connectivity index (χ1v) is 14.9. The lowest BCUT2D eigenvalue weighted by Gasteiger charge is -2.39. The number of halogens is 3. The number of nitrogens with one attached hydrogen (secondary N) is 1. The molecule has 5 heterocycles. The average Bonchev–Trinajstić information content (AvgIpc) is 3.69. The van der Waals surface area contributed by atoms with Crippen molar-refractivity contribution >= 4 is 23.2 Å². The third kappa shape index (κ3) is 7.39. The van der Waals surface area contributed by atoms with E-state index >= 15 is 0 Å². The molecule has 2 aliphatic rings. The molecule has 1 aromatic carbocycles. The van der Waals surface area contributed by atoms with Crippen LogP contribution in [0.2, 0.25) is 5.02 Å². The summed E-state index contributed by atoms with van der Waals surface area (Å²) in [7, 11) is 0. The SMILES string of the molecule is CC(Cn1cnnn1)Oc1cc(-c2cnc(Nc3cn(C4CCN(C5CCOCC5)CC4)nc3OC(F)F)nc2)ccc1Cl. The van der Waals surface area contributed by atoms with Crippen molar-refractivity contribution in [1.29, 1.82) is 0 Å². The maximum absolute atomic E-state index is 13.2. The zero-order chi connectivity index (χ0) is 30.5. The van der Waals surface area contributed by atoms with Gasteiger partial charge in [0.15, 0.2) is 0 Å².